The standard InChI is InChI=1S/C18H25N5O3S/c1-2-4-16(19)17-20-21-18(22(17)11-15-5-3-10-26-15)27-12-13-6-8-14(9-7-13)23(24)25/h6-9,15-16H,2-5,10-12,19H2,1H3. The molecule has 0 saturated carbocycles. The summed E-state index contributed by atoms with van der Waals surface area (Å²) in [5.41, 5.74) is 7.40. The highest BCUT2D eigenvalue weighted by Gasteiger charge is 2.23. The van der Waals surface area contributed by atoms with E-state index in [4.69, 9.17) is 10.5 Å². The van der Waals surface area contributed by atoms with Gasteiger partial charge >= 0.3 is 0 Å². The van der Waals surface area contributed by atoms with E-state index in [0.29, 0.717) is 12.3 Å². The van der Waals surface area contributed by atoms with Crippen molar-refractivity contribution in [2.45, 2.75) is 62.2 Å². The minimum absolute atomic E-state index is 0.0955. The van der Waals surface area contributed by atoms with Crippen LogP contribution in [0.4, 0.5) is 5.69 Å². The van der Waals surface area contributed by atoms with Crippen LogP contribution >= 0.6 is 11.8 Å². The van der Waals surface area contributed by atoms with Crippen LogP contribution in [0.1, 0.15) is 50.0 Å². The lowest BCUT2D eigenvalue weighted by Crippen LogP contribution is -2.22. The van der Waals surface area contributed by atoms with Crippen LogP contribution in [-0.2, 0) is 17.0 Å². The minimum Gasteiger partial charge on any atom is -0.376 e. The number of hydrogen-bond donors (Lipinski definition) is 1. The van der Waals surface area contributed by atoms with Crippen molar-refractivity contribution in [1.82, 2.24) is 14.8 Å². The normalized spacial score (nSPS) is 17.9. The van der Waals surface area contributed by atoms with E-state index in [1.54, 1.807) is 23.9 Å². The number of ether oxygens (including phenoxy) is 1. The van der Waals surface area contributed by atoms with Crippen LogP contribution in [0.15, 0.2) is 29.4 Å². The molecule has 0 aliphatic carbocycles. The third kappa shape index (κ3) is 5.06. The van der Waals surface area contributed by atoms with E-state index in [9.17, 15) is 10.1 Å². The minimum atomic E-state index is -0.392. The number of nitro groups is 1. The quantitative estimate of drug-likeness (QED) is 0.396. The summed E-state index contributed by atoms with van der Waals surface area (Å²) in [7, 11) is 0. The highest BCUT2D eigenvalue weighted by Crippen LogP contribution is 2.27. The Morgan fingerprint density at radius 2 is 2.19 bits per heavy atom. The van der Waals surface area contributed by atoms with Gasteiger partial charge in [0, 0.05) is 24.5 Å². The Hall–Kier alpha value is -1.97. The van der Waals surface area contributed by atoms with Crippen LogP contribution in [0.2, 0.25) is 0 Å². The zero-order valence-electron chi connectivity index (χ0n) is 15.4. The maximum absolute atomic E-state index is 10.8. The number of aromatic nitrogens is 3. The van der Waals surface area contributed by atoms with E-state index in [1.165, 1.54) is 12.1 Å². The smallest absolute Gasteiger partial charge is 0.269 e. The fourth-order valence-electron chi connectivity index (χ4n) is 3.15. The maximum Gasteiger partial charge on any atom is 0.269 e. The Morgan fingerprint density at radius 3 is 2.81 bits per heavy atom. The first-order valence-corrected chi connectivity index (χ1v) is 10.2. The van der Waals surface area contributed by atoms with Crippen molar-refractivity contribution < 1.29 is 9.66 Å². The number of nitro benzene ring substituents is 1. The topological polar surface area (TPSA) is 109 Å². The van der Waals surface area contributed by atoms with Crippen molar-refractivity contribution >= 4 is 17.4 Å². The molecule has 1 aliphatic heterocycles. The fourth-order valence-corrected chi connectivity index (χ4v) is 4.06. The Kier molecular flexibility index (Phi) is 6.81. The van der Waals surface area contributed by atoms with E-state index < -0.39 is 4.92 Å². The molecule has 3 rings (SSSR count). The molecule has 9 heteroatoms. The lowest BCUT2D eigenvalue weighted by atomic mass is 10.1. The summed E-state index contributed by atoms with van der Waals surface area (Å²) in [5.74, 6) is 1.46. The summed E-state index contributed by atoms with van der Waals surface area (Å²) >= 11 is 1.56. The van der Waals surface area contributed by atoms with Crippen LogP contribution in [0.5, 0.6) is 0 Å². The van der Waals surface area contributed by atoms with Crippen LogP contribution in [0, 0.1) is 10.1 Å². The molecule has 0 amide bonds. The van der Waals surface area contributed by atoms with Gasteiger partial charge in [0.15, 0.2) is 11.0 Å². The summed E-state index contributed by atoms with van der Waals surface area (Å²) in [6.07, 6.45) is 4.13. The first kappa shape index (κ1) is 19.8. The van der Waals surface area contributed by atoms with Gasteiger partial charge in [-0.1, -0.05) is 37.2 Å². The second kappa shape index (κ2) is 9.29. The summed E-state index contributed by atoms with van der Waals surface area (Å²) < 4.78 is 7.87. The van der Waals surface area contributed by atoms with Crippen LogP contribution < -0.4 is 5.73 Å². The molecule has 1 aromatic carbocycles. The Labute approximate surface area is 162 Å². The summed E-state index contributed by atoms with van der Waals surface area (Å²) in [6.45, 7) is 3.61. The molecule has 2 unspecified atom stereocenters. The fraction of sp³-hybridized carbons (Fsp3) is 0.556. The number of nitrogens with two attached hydrogens (primary N) is 1. The molecule has 8 nitrogen and oxygen atoms in total. The van der Waals surface area contributed by atoms with Crippen molar-refractivity contribution in [1.29, 1.82) is 0 Å². The zero-order chi connectivity index (χ0) is 19.2. The molecule has 1 saturated heterocycles. The van der Waals surface area contributed by atoms with Gasteiger partial charge in [-0.25, -0.2) is 0 Å². The van der Waals surface area contributed by atoms with Crippen LogP contribution in [-0.4, -0.2) is 32.4 Å². The molecule has 2 aromatic rings. The van der Waals surface area contributed by atoms with Gasteiger partial charge < -0.3 is 15.0 Å². The average molecular weight is 391 g/mol. The molecule has 1 aromatic heterocycles. The number of hydrogen-bond acceptors (Lipinski definition) is 7. The second-order valence-corrected chi connectivity index (χ2v) is 7.64. The number of thioether (sulfide) groups is 1. The van der Waals surface area contributed by atoms with Crippen molar-refractivity contribution in [3.8, 4) is 0 Å². The molecule has 1 fully saturated rings. The van der Waals surface area contributed by atoms with E-state index >= 15 is 0 Å². The van der Waals surface area contributed by atoms with Gasteiger partial charge in [0.2, 0.25) is 0 Å². The molecule has 2 atom stereocenters. The predicted molar refractivity (Wildman–Crippen MR) is 103 cm³/mol. The van der Waals surface area contributed by atoms with Gasteiger partial charge in [-0.05, 0) is 24.8 Å². The summed E-state index contributed by atoms with van der Waals surface area (Å²) in [5, 5.41) is 20.3. The number of benzene rings is 1. The number of rotatable bonds is 9. The molecule has 0 radical (unpaired) electrons. The van der Waals surface area contributed by atoms with Gasteiger partial charge in [0.1, 0.15) is 0 Å². The van der Waals surface area contributed by atoms with Gasteiger partial charge in [0.05, 0.1) is 23.6 Å². The van der Waals surface area contributed by atoms with Crippen molar-refractivity contribution in [2.75, 3.05) is 6.61 Å². The third-order valence-corrected chi connectivity index (χ3v) is 5.64. The van der Waals surface area contributed by atoms with Crippen LogP contribution in [0.25, 0.3) is 0 Å². The van der Waals surface area contributed by atoms with E-state index in [-0.39, 0.29) is 17.8 Å². The third-order valence-electron chi connectivity index (χ3n) is 4.60. The van der Waals surface area contributed by atoms with E-state index in [1.807, 2.05) is 0 Å². The van der Waals surface area contributed by atoms with Gasteiger partial charge in [0.25, 0.3) is 5.69 Å². The zero-order valence-corrected chi connectivity index (χ0v) is 16.2. The first-order chi connectivity index (χ1) is 13.1. The molecule has 1 aliphatic rings. The first-order valence-electron chi connectivity index (χ1n) is 9.25. The highest BCUT2D eigenvalue weighted by atomic mass is 32.2. The Bertz CT molecular complexity index is 759. The molecule has 146 valence electrons. The van der Waals surface area contributed by atoms with Gasteiger partial charge in [-0.15, -0.1) is 10.2 Å². The summed E-state index contributed by atoms with van der Waals surface area (Å²) in [6, 6.07) is 6.45. The van der Waals surface area contributed by atoms with E-state index in [0.717, 1.165) is 48.8 Å². The number of non-ortho nitro benzene ring substituents is 1. The van der Waals surface area contributed by atoms with Crippen molar-refractivity contribution in [2.24, 2.45) is 5.73 Å². The molecule has 2 N–H and O–H groups in total. The Balaban J connectivity index is 1.73. The predicted octanol–water partition coefficient (Wildman–Crippen LogP) is 3.46. The largest absolute Gasteiger partial charge is 0.376 e. The Morgan fingerprint density at radius 1 is 1.41 bits per heavy atom. The molecule has 2 heterocycles. The van der Waals surface area contributed by atoms with Gasteiger partial charge in [-0.3, -0.25) is 10.1 Å². The molecule has 0 bridgehead atoms. The SMILES string of the molecule is CCCC(N)c1nnc(SCc2ccc([N+](=O)[O-])cc2)n1CC1CCCO1. The second-order valence-electron chi connectivity index (χ2n) is 6.69. The average Bonchev–Trinajstić information content (AvgIpc) is 3.31. The molecule has 0 spiro atoms. The lowest BCUT2D eigenvalue weighted by molar-refractivity contribution is -0.384. The monoisotopic (exact) mass is 391 g/mol. The lowest BCUT2D eigenvalue weighted by Gasteiger charge is -2.17. The van der Waals surface area contributed by atoms with Crippen molar-refractivity contribution in [3.05, 3.63) is 45.8 Å². The van der Waals surface area contributed by atoms with Crippen molar-refractivity contribution in [3.63, 3.8) is 0 Å². The number of nitrogens with zero attached hydrogens (tertiary/aromatic N) is 4. The molecule has 27 heavy (non-hydrogen) atoms. The highest BCUT2D eigenvalue weighted by molar-refractivity contribution is 7.98. The maximum atomic E-state index is 10.8. The molecular weight excluding hydrogens is 366 g/mol. The van der Waals surface area contributed by atoms with E-state index in [2.05, 4.69) is 21.7 Å². The van der Waals surface area contributed by atoms with Gasteiger partial charge in [-0.2, -0.15) is 0 Å². The summed E-state index contributed by atoms with van der Waals surface area (Å²) in [4.78, 5) is 10.4. The molecular formula is C18H25N5O3S. The van der Waals surface area contributed by atoms with Crippen LogP contribution in [0.3, 0.4) is 0 Å².